The van der Waals surface area contributed by atoms with E-state index in [1.54, 1.807) is 12.1 Å². The Labute approximate surface area is 192 Å². The number of hydrogen-bond acceptors (Lipinski definition) is 4. The highest BCUT2D eigenvalue weighted by Gasteiger charge is 2.20. The van der Waals surface area contributed by atoms with Gasteiger partial charge >= 0.3 is 0 Å². The SMILES string of the molecule is C=CCNS(=O)(=O)c1ccc(C(=O)N(CCC)CC(=O)Nc2cc(Cl)ccc2Cl)cc1. The summed E-state index contributed by atoms with van der Waals surface area (Å²) in [7, 11) is -3.69. The highest BCUT2D eigenvalue weighted by Crippen LogP contribution is 2.25. The Morgan fingerprint density at radius 3 is 2.42 bits per heavy atom. The molecular formula is C21H23Cl2N3O4S. The zero-order valence-corrected chi connectivity index (χ0v) is 19.2. The highest BCUT2D eigenvalue weighted by molar-refractivity contribution is 7.89. The van der Waals surface area contributed by atoms with E-state index in [0.717, 1.165) is 0 Å². The third-order valence-corrected chi connectivity index (χ3v) is 6.15. The number of nitrogens with zero attached hydrogens (tertiary/aromatic N) is 1. The van der Waals surface area contributed by atoms with Crippen LogP contribution in [-0.2, 0) is 14.8 Å². The van der Waals surface area contributed by atoms with E-state index in [1.165, 1.54) is 41.3 Å². The third kappa shape index (κ3) is 7.07. The molecular weight excluding hydrogens is 461 g/mol. The van der Waals surface area contributed by atoms with Crippen LogP contribution in [0.25, 0.3) is 0 Å². The molecule has 0 fully saturated rings. The van der Waals surface area contributed by atoms with Gasteiger partial charge in [0, 0.05) is 23.7 Å². The molecule has 2 aromatic carbocycles. The quantitative estimate of drug-likeness (QED) is 0.500. The molecule has 31 heavy (non-hydrogen) atoms. The van der Waals surface area contributed by atoms with Gasteiger partial charge in [-0.25, -0.2) is 13.1 Å². The van der Waals surface area contributed by atoms with Crippen LogP contribution in [0.1, 0.15) is 23.7 Å². The third-order valence-electron chi connectivity index (χ3n) is 4.15. The fraction of sp³-hybridized carbons (Fsp3) is 0.238. The van der Waals surface area contributed by atoms with Crippen molar-refractivity contribution in [1.82, 2.24) is 9.62 Å². The molecule has 0 saturated heterocycles. The molecule has 0 aliphatic heterocycles. The van der Waals surface area contributed by atoms with E-state index in [4.69, 9.17) is 23.2 Å². The van der Waals surface area contributed by atoms with Crippen molar-refractivity contribution < 1.29 is 18.0 Å². The number of carbonyl (C=O) groups excluding carboxylic acids is 2. The van der Waals surface area contributed by atoms with Gasteiger partial charge in [0.15, 0.2) is 0 Å². The smallest absolute Gasteiger partial charge is 0.254 e. The monoisotopic (exact) mass is 483 g/mol. The normalized spacial score (nSPS) is 11.1. The maximum Gasteiger partial charge on any atom is 0.254 e. The van der Waals surface area contributed by atoms with E-state index >= 15 is 0 Å². The number of hydrogen-bond donors (Lipinski definition) is 2. The molecule has 2 N–H and O–H groups in total. The van der Waals surface area contributed by atoms with E-state index in [2.05, 4.69) is 16.6 Å². The Balaban J connectivity index is 2.13. The number of carbonyl (C=O) groups is 2. The van der Waals surface area contributed by atoms with Gasteiger partial charge in [0.2, 0.25) is 15.9 Å². The number of nitrogens with one attached hydrogen (secondary N) is 2. The van der Waals surface area contributed by atoms with Crippen LogP contribution in [0.4, 0.5) is 5.69 Å². The van der Waals surface area contributed by atoms with Crippen molar-refractivity contribution in [2.45, 2.75) is 18.2 Å². The summed E-state index contributed by atoms with van der Waals surface area (Å²) in [4.78, 5) is 26.8. The molecule has 0 aliphatic carbocycles. The Morgan fingerprint density at radius 1 is 1.13 bits per heavy atom. The van der Waals surface area contributed by atoms with Crippen molar-refractivity contribution >= 4 is 50.7 Å². The fourth-order valence-corrected chi connectivity index (χ4v) is 4.03. The van der Waals surface area contributed by atoms with Crippen LogP contribution in [0.15, 0.2) is 60.0 Å². The van der Waals surface area contributed by atoms with Crippen molar-refractivity contribution in [2.75, 3.05) is 25.0 Å². The van der Waals surface area contributed by atoms with Crippen molar-refractivity contribution in [3.8, 4) is 0 Å². The summed E-state index contributed by atoms with van der Waals surface area (Å²) in [5.41, 5.74) is 0.620. The fourth-order valence-electron chi connectivity index (χ4n) is 2.69. The topological polar surface area (TPSA) is 95.6 Å². The Bertz CT molecular complexity index is 1060. The molecule has 0 aliphatic rings. The van der Waals surface area contributed by atoms with Crippen molar-refractivity contribution in [2.24, 2.45) is 0 Å². The summed E-state index contributed by atoms with van der Waals surface area (Å²) >= 11 is 12.0. The molecule has 0 heterocycles. The van der Waals surface area contributed by atoms with Crippen molar-refractivity contribution in [3.05, 3.63) is 70.7 Å². The van der Waals surface area contributed by atoms with E-state index in [1.807, 2.05) is 6.92 Å². The first-order chi connectivity index (χ1) is 14.7. The molecule has 0 bridgehead atoms. The standard InChI is InChI=1S/C21H23Cl2N3O4S/c1-3-11-24-31(29,30)17-8-5-15(6-9-17)21(28)26(12-4-2)14-20(27)25-19-13-16(22)7-10-18(19)23/h3,5-10,13,24H,1,4,11-12,14H2,2H3,(H,25,27). The van der Waals surface area contributed by atoms with Gasteiger partial charge in [-0.05, 0) is 48.9 Å². The second-order valence-electron chi connectivity index (χ2n) is 6.56. The summed E-state index contributed by atoms with van der Waals surface area (Å²) in [5, 5.41) is 3.39. The van der Waals surface area contributed by atoms with Gasteiger partial charge in [-0.2, -0.15) is 0 Å². The molecule has 0 atom stereocenters. The van der Waals surface area contributed by atoms with E-state index < -0.39 is 21.8 Å². The minimum Gasteiger partial charge on any atom is -0.329 e. The van der Waals surface area contributed by atoms with Gasteiger partial charge in [-0.15, -0.1) is 6.58 Å². The van der Waals surface area contributed by atoms with Crippen LogP contribution in [0, 0.1) is 0 Å². The Morgan fingerprint density at radius 2 is 1.81 bits per heavy atom. The average Bonchev–Trinajstić information content (AvgIpc) is 2.74. The highest BCUT2D eigenvalue weighted by atomic mass is 35.5. The first kappa shape index (κ1) is 24.9. The van der Waals surface area contributed by atoms with Gasteiger partial charge in [-0.3, -0.25) is 9.59 Å². The molecule has 0 unspecified atom stereocenters. The summed E-state index contributed by atoms with van der Waals surface area (Å²) in [6.45, 7) is 5.59. The molecule has 2 amide bonds. The number of sulfonamides is 1. The Kier molecular flexibility index (Phi) is 9.06. The van der Waals surface area contributed by atoms with E-state index in [0.29, 0.717) is 28.7 Å². The van der Waals surface area contributed by atoms with E-state index in [9.17, 15) is 18.0 Å². The Hall–Kier alpha value is -2.39. The first-order valence-corrected chi connectivity index (χ1v) is 11.7. The second-order valence-corrected chi connectivity index (χ2v) is 9.17. The molecule has 10 heteroatoms. The van der Waals surface area contributed by atoms with Crippen LogP contribution < -0.4 is 10.0 Å². The first-order valence-electron chi connectivity index (χ1n) is 9.42. The predicted molar refractivity (Wildman–Crippen MR) is 123 cm³/mol. The lowest BCUT2D eigenvalue weighted by molar-refractivity contribution is -0.116. The number of amides is 2. The second kappa shape index (κ2) is 11.3. The molecule has 2 rings (SSSR count). The van der Waals surface area contributed by atoms with Crippen molar-refractivity contribution in [3.63, 3.8) is 0 Å². The minimum absolute atomic E-state index is 0.0290. The zero-order chi connectivity index (χ0) is 23.0. The maximum atomic E-state index is 12.9. The summed E-state index contributed by atoms with van der Waals surface area (Å²) in [6, 6.07) is 10.2. The molecule has 0 spiro atoms. The van der Waals surface area contributed by atoms with Gasteiger partial charge in [0.1, 0.15) is 6.54 Å². The summed E-state index contributed by atoms with van der Waals surface area (Å²) in [5.74, 6) is -0.823. The van der Waals surface area contributed by atoms with Crippen LogP contribution in [0.2, 0.25) is 10.0 Å². The van der Waals surface area contributed by atoms with Crippen LogP contribution >= 0.6 is 23.2 Å². The molecule has 166 valence electrons. The minimum atomic E-state index is -3.69. The van der Waals surface area contributed by atoms with Gasteiger partial charge in [0.05, 0.1) is 15.6 Å². The lowest BCUT2D eigenvalue weighted by atomic mass is 10.2. The van der Waals surface area contributed by atoms with Crippen LogP contribution in [0.5, 0.6) is 0 Å². The summed E-state index contributed by atoms with van der Waals surface area (Å²) in [6.07, 6.45) is 2.06. The molecule has 0 saturated carbocycles. The predicted octanol–water partition coefficient (Wildman–Crippen LogP) is 3.95. The number of rotatable bonds is 10. The number of anilines is 1. The van der Waals surface area contributed by atoms with E-state index in [-0.39, 0.29) is 23.5 Å². The van der Waals surface area contributed by atoms with Gasteiger partial charge in [0.25, 0.3) is 5.91 Å². The average molecular weight is 484 g/mol. The number of halogens is 2. The molecule has 0 radical (unpaired) electrons. The van der Waals surface area contributed by atoms with Crippen LogP contribution in [0.3, 0.4) is 0 Å². The van der Waals surface area contributed by atoms with Crippen LogP contribution in [-0.4, -0.2) is 44.8 Å². The zero-order valence-electron chi connectivity index (χ0n) is 16.9. The molecule has 2 aromatic rings. The van der Waals surface area contributed by atoms with Crippen molar-refractivity contribution in [1.29, 1.82) is 0 Å². The van der Waals surface area contributed by atoms with Gasteiger partial charge < -0.3 is 10.2 Å². The molecule has 7 nitrogen and oxygen atoms in total. The number of benzene rings is 2. The van der Waals surface area contributed by atoms with Gasteiger partial charge in [-0.1, -0.05) is 36.2 Å². The maximum absolute atomic E-state index is 12.9. The lowest BCUT2D eigenvalue weighted by Crippen LogP contribution is -2.38. The largest absolute Gasteiger partial charge is 0.329 e. The lowest BCUT2D eigenvalue weighted by Gasteiger charge is -2.22. The molecule has 0 aromatic heterocycles. The summed E-state index contributed by atoms with van der Waals surface area (Å²) < 4.78 is 26.7.